The maximum absolute atomic E-state index is 5.62. The van der Waals surface area contributed by atoms with E-state index in [1.807, 2.05) is 30.3 Å². The molecule has 2 aromatic rings. The third-order valence-corrected chi connectivity index (χ3v) is 2.17. The quantitative estimate of drug-likeness (QED) is 0.599. The minimum atomic E-state index is 0.611. The summed E-state index contributed by atoms with van der Waals surface area (Å²) in [6.45, 7) is 2.69. The van der Waals surface area contributed by atoms with Gasteiger partial charge in [-0.3, -0.25) is 0 Å². The van der Waals surface area contributed by atoms with E-state index in [9.17, 15) is 0 Å². The number of hydrogen-bond acceptors (Lipinski definition) is 1. The summed E-state index contributed by atoms with van der Waals surface area (Å²) in [5, 5.41) is 0. The summed E-state index contributed by atoms with van der Waals surface area (Å²) >= 11 is 4.25. The van der Waals surface area contributed by atoms with E-state index in [1.54, 1.807) is 0 Å². The molecule has 0 radical (unpaired) electrons. The van der Waals surface area contributed by atoms with E-state index < -0.39 is 0 Å². The maximum atomic E-state index is 5.62. The molecule has 0 bridgehead atoms. The zero-order valence-corrected chi connectivity index (χ0v) is 14.4. The van der Waals surface area contributed by atoms with Gasteiger partial charge >= 0.3 is 30.0 Å². The van der Waals surface area contributed by atoms with Crippen LogP contribution in [0.4, 0.5) is 0 Å². The van der Waals surface area contributed by atoms with Crippen LogP contribution in [-0.4, -0.2) is 0 Å². The summed E-state index contributed by atoms with van der Waals surface area (Å²) in [4.78, 5) is 0. The number of rotatable bonds is 3. The topological polar surface area (TPSA) is 9.23 Å². The van der Waals surface area contributed by atoms with Gasteiger partial charge in [-0.1, -0.05) is 29.8 Å². The Kier molecular flexibility index (Phi) is 7.15. The molecule has 0 saturated carbocycles. The van der Waals surface area contributed by atoms with E-state index in [4.69, 9.17) is 4.74 Å². The number of benzene rings is 2. The summed E-state index contributed by atoms with van der Waals surface area (Å²) in [5.41, 5.74) is 2.45. The van der Waals surface area contributed by atoms with Gasteiger partial charge in [-0.25, -0.2) is 0 Å². The molecule has 1 nitrogen and oxygen atoms in total. The average Bonchev–Trinajstić information content (AvgIpc) is 2.40. The Hall–Kier alpha value is -0.657. The second kappa shape index (κ2) is 8.44. The second-order valence-electron chi connectivity index (χ2n) is 3.52. The van der Waals surface area contributed by atoms with Crippen LogP contribution in [0.1, 0.15) is 11.1 Å². The Balaban J connectivity index is 0.000000686. The van der Waals surface area contributed by atoms with Crippen LogP contribution in [0.5, 0.6) is 5.75 Å². The Labute approximate surface area is 119 Å². The predicted octanol–water partition coefficient (Wildman–Crippen LogP) is 4.22. The summed E-state index contributed by atoms with van der Waals surface area (Å²) in [6.07, 6.45) is 0. The molecule has 0 amide bonds. The van der Waals surface area contributed by atoms with Crippen LogP contribution in [0.25, 0.3) is 0 Å². The molecule has 0 unspecified atom stereocenters. The summed E-state index contributed by atoms with van der Waals surface area (Å²) in [6, 6.07) is 18.9. The van der Waals surface area contributed by atoms with Gasteiger partial charge in [0.1, 0.15) is 0 Å². The van der Waals surface area contributed by atoms with Crippen molar-refractivity contribution in [2.75, 3.05) is 0 Å². The predicted molar refractivity (Wildman–Crippen MR) is 69.7 cm³/mol. The SMILES string of the molecule is Cc1cccc(COc2c[c-]ccc2)c1.[Zn+][Br]. The van der Waals surface area contributed by atoms with Gasteiger partial charge in [0, 0.05) is 5.75 Å². The van der Waals surface area contributed by atoms with Crippen molar-refractivity contribution >= 4 is 13.6 Å². The Morgan fingerprint density at radius 2 is 2.06 bits per heavy atom. The van der Waals surface area contributed by atoms with E-state index in [-0.39, 0.29) is 0 Å². The van der Waals surface area contributed by atoms with Crippen LogP contribution in [0.15, 0.2) is 48.5 Å². The number of ether oxygens (including phenoxy) is 1. The van der Waals surface area contributed by atoms with Crippen LogP contribution in [0.3, 0.4) is 0 Å². The molecule has 0 aromatic heterocycles. The van der Waals surface area contributed by atoms with Gasteiger partial charge in [-0.2, -0.15) is 18.2 Å². The molecular weight excluding hydrogens is 329 g/mol. The average molecular weight is 343 g/mol. The van der Waals surface area contributed by atoms with Gasteiger partial charge in [0.05, 0.1) is 6.61 Å². The molecule has 2 aromatic carbocycles. The standard InChI is InChI=1S/C14H13O.BrH.Zn/c1-12-6-5-7-13(10-12)11-15-14-8-3-2-4-9-14;;/h2-3,5-10H,11H2,1H3;1H;/q-1;;+2/p-1. The van der Waals surface area contributed by atoms with Crippen LogP contribution >= 0.6 is 13.6 Å². The summed E-state index contributed by atoms with van der Waals surface area (Å²) < 4.78 is 5.62. The third kappa shape index (κ3) is 5.47. The fraction of sp³-hybridized carbons (Fsp3) is 0.143. The normalized spacial score (nSPS) is 9.18. The van der Waals surface area contributed by atoms with E-state index in [0.717, 1.165) is 5.75 Å². The van der Waals surface area contributed by atoms with Crippen molar-refractivity contribution in [1.29, 1.82) is 0 Å². The molecule has 0 aliphatic carbocycles. The number of hydrogen-bond donors (Lipinski definition) is 0. The van der Waals surface area contributed by atoms with Gasteiger partial charge in [0.15, 0.2) is 0 Å². The molecule has 84 valence electrons. The first-order valence-electron chi connectivity index (χ1n) is 5.26. The van der Waals surface area contributed by atoms with Crippen molar-refractivity contribution in [3.63, 3.8) is 0 Å². The zero-order chi connectivity index (χ0) is 12.5. The molecule has 0 aliphatic heterocycles. The van der Waals surface area contributed by atoms with Crippen molar-refractivity contribution in [3.8, 4) is 5.75 Å². The monoisotopic (exact) mass is 340 g/mol. The van der Waals surface area contributed by atoms with Crippen molar-refractivity contribution in [2.24, 2.45) is 0 Å². The van der Waals surface area contributed by atoms with Gasteiger partial charge in [0.25, 0.3) is 0 Å². The first-order chi connectivity index (χ1) is 8.34. The molecule has 3 heteroatoms. The molecule has 0 N–H and O–H groups in total. The Morgan fingerprint density at radius 3 is 2.71 bits per heavy atom. The van der Waals surface area contributed by atoms with Crippen molar-refractivity contribution in [3.05, 3.63) is 65.7 Å². The van der Waals surface area contributed by atoms with E-state index in [0.29, 0.717) is 6.61 Å². The molecule has 0 spiro atoms. The second-order valence-corrected chi connectivity index (χ2v) is 3.52. The molecule has 0 fully saturated rings. The van der Waals surface area contributed by atoms with Gasteiger partial charge in [0.2, 0.25) is 0 Å². The molecule has 0 aliphatic rings. The molecular formula is C14H13BrOZn. The van der Waals surface area contributed by atoms with Crippen LogP contribution in [-0.2, 0) is 22.9 Å². The van der Waals surface area contributed by atoms with Crippen LogP contribution in [0.2, 0.25) is 0 Å². The first kappa shape index (κ1) is 14.4. The van der Waals surface area contributed by atoms with E-state index in [1.165, 1.54) is 27.5 Å². The van der Waals surface area contributed by atoms with Crippen LogP contribution < -0.4 is 4.74 Å². The molecule has 0 saturated heterocycles. The van der Waals surface area contributed by atoms with E-state index >= 15 is 0 Å². The number of aryl methyl sites for hydroxylation is 1. The van der Waals surface area contributed by atoms with Gasteiger partial charge < -0.3 is 4.74 Å². The summed E-state index contributed by atoms with van der Waals surface area (Å²) in [5.74, 6) is 0.860. The Bertz CT molecular complexity index is 431. The van der Waals surface area contributed by atoms with Crippen molar-refractivity contribution in [1.82, 2.24) is 0 Å². The molecule has 0 atom stereocenters. The molecule has 2 rings (SSSR count). The fourth-order valence-electron chi connectivity index (χ4n) is 1.44. The third-order valence-electron chi connectivity index (χ3n) is 2.17. The van der Waals surface area contributed by atoms with Gasteiger partial charge in [-0.05, 0) is 12.5 Å². The Morgan fingerprint density at radius 1 is 1.24 bits per heavy atom. The first-order valence-corrected chi connectivity index (χ1v) is 12.2. The zero-order valence-electron chi connectivity index (χ0n) is 9.82. The molecule has 0 heterocycles. The fourth-order valence-corrected chi connectivity index (χ4v) is 1.44. The van der Waals surface area contributed by atoms with Gasteiger partial charge in [-0.15, -0.1) is 12.1 Å². The van der Waals surface area contributed by atoms with Crippen molar-refractivity contribution < 1.29 is 21.1 Å². The van der Waals surface area contributed by atoms with Crippen LogP contribution in [0, 0.1) is 13.0 Å². The summed E-state index contributed by atoms with van der Waals surface area (Å²) in [7, 11) is 0. The van der Waals surface area contributed by atoms with Crippen molar-refractivity contribution in [2.45, 2.75) is 13.5 Å². The molecule has 17 heavy (non-hydrogen) atoms. The van der Waals surface area contributed by atoms with E-state index in [2.05, 4.69) is 44.8 Å². The number of halogens is 1. The minimum absolute atomic E-state index is 0.611.